The van der Waals surface area contributed by atoms with Crippen LogP contribution < -0.4 is 16.6 Å². The first-order valence-electron chi connectivity index (χ1n) is 8.70. The first kappa shape index (κ1) is 17.5. The van der Waals surface area contributed by atoms with Crippen LogP contribution in [-0.2, 0) is 23.6 Å². The van der Waals surface area contributed by atoms with Crippen molar-refractivity contribution in [2.45, 2.75) is 25.5 Å². The predicted octanol–water partition coefficient (Wildman–Crippen LogP) is 0.120. The molecule has 8 heteroatoms. The Morgan fingerprint density at radius 2 is 1.85 bits per heavy atom. The normalized spacial score (nSPS) is 26.2. The van der Waals surface area contributed by atoms with Crippen molar-refractivity contribution in [3.8, 4) is 0 Å². The summed E-state index contributed by atoms with van der Waals surface area (Å²) in [4.78, 5) is 37.9. The van der Waals surface area contributed by atoms with E-state index >= 15 is 0 Å². The Labute approximate surface area is 155 Å². The van der Waals surface area contributed by atoms with Crippen LogP contribution in [0.2, 0.25) is 0 Å². The maximum atomic E-state index is 13.0. The van der Waals surface area contributed by atoms with E-state index in [0.29, 0.717) is 0 Å². The highest BCUT2D eigenvalue weighted by atomic mass is 16.6. The summed E-state index contributed by atoms with van der Waals surface area (Å²) in [7, 11) is 2.92. The zero-order chi connectivity index (χ0) is 19.7. The number of carbonyl (C=O) groups excluding carboxylic acids is 1. The summed E-state index contributed by atoms with van der Waals surface area (Å²) in [6.45, 7) is 3.66. The van der Waals surface area contributed by atoms with Gasteiger partial charge in [0.15, 0.2) is 5.72 Å². The summed E-state index contributed by atoms with van der Waals surface area (Å²) in [5, 5.41) is 13.9. The highest BCUT2D eigenvalue weighted by molar-refractivity contribution is 5.81. The number of aromatic nitrogens is 2. The maximum Gasteiger partial charge on any atom is 0.332 e. The van der Waals surface area contributed by atoms with Crippen molar-refractivity contribution in [3.05, 3.63) is 61.3 Å². The molecule has 1 saturated heterocycles. The van der Waals surface area contributed by atoms with Crippen molar-refractivity contribution in [2.24, 2.45) is 20.0 Å². The second-order valence-corrected chi connectivity index (χ2v) is 7.42. The Kier molecular flexibility index (Phi) is 3.61. The number of nitrogens with one attached hydrogen (secondary N) is 1. The fourth-order valence-corrected chi connectivity index (χ4v) is 4.07. The van der Waals surface area contributed by atoms with Gasteiger partial charge in [-0.05, 0) is 30.5 Å². The molecule has 0 aliphatic carbocycles. The quantitative estimate of drug-likeness (QED) is 0.691. The molecule has 27 heavy (non-hydrogen) atoms. The summed E-state index contributed by atoms with van der Waals surface area (Å²) in [6, 6.07) is 5.67. The van der Waals surface area contributed by atoms with Crippen LogP contribution in [-0.4, -0.2) is 32.5 Å². The Hall–Kier alpha value is -2.87. The van der Waals surface area contributed by atoms with Crippen LogP contribution in [0, 0.1) is 19.8 Å². The van der Waals surface area contributed by atoms with Gasteiger partial charge in [0.05, 0.1) is 5.56 Å². The van der Waals surface area contributed by atoms with E-state index in [2.05, 4.69) is 5.32 Å². The van der Waals surface area contributed by atoms with Gasteiger partial charge in [-0.1, -0.05) is 18.2 Å². The lowest BCUT2D eigenvalue weighted by Crippen LogP contribution is -2.56. The van der Waals surface area contributed by atoms with E-state index in [1.165, 1.54) is 18.7 Å². The first-order chi connectivity index (χ1) is 12.7. The Morgan fingerprint density at radius 1 is 1.15 bits per heavy atom. The van der Waals surface area contributed by atoms with Crippen molar-refractivity contribution in [3.63, 3.8) is 0 Å². The molecular formula is C19H21N3O5. The lowest BCUT2D eigenvalue weighted by molar-refractivity contribution is -0.141. The number of anilines is 1. The molecule has 1 aromatic heterocycles. The lowest BCUT2D eigenvalue weighted by atomic mass is 9.73. The summed E-state index contributed by atoms with van der Waals surface area (Å²) in [5.41, 5.74) is 0.372. The van der Waals surface area contributed by atoms with E-state index in [1.54, 1.807) is 0 Å². The van der Waals surface area contributed by atoms with Gasteiger partial charge in [0.1, 0.15) is 18.3 Å². The van der Waals surface area contributed by atoms with Crippen LogP contribution in [0.1, 0.15) is 28.2 Å². The second-order valence-electron chi connectivity index (χ2n) is 7.42. The number of hydrogen-bond acceptors (Lipinski definition) is 6. The van der Waals surface area contributed by atoms with E-state index in [9.17, 15) is 19.5 Å². The average Bonchev–Trinajstić information content (AvgIpc) is 2.94. The smallest absolute Gasteiger partial charge is 0.332 e. The fourth-order valence-electron chi connectivity index (χ4n) is 4.07. The number of aliphatic hydroxyl groups is 1. The molecule has 1 fully saturated rings. The Balaban J connectivity index is 2.09. The van der Waals surface area contributed by atoms with Gasteiger partial charge in [-0.3, -0.25) is 18.7 Å². The van der Waals surface area contributed by atoms with E-state index in [1.807, 2.05) is 32.0 Å². The molecule has 3 unspecified atom stereocenters. The number of carbonyl (C=O) groups is 1. The molecule has 0 bridgehead atoms. The predicted molar refractivity (Wildman–Crippen MR) is 97.7 cm³/mol. The van der Waals surface area contributed by atoms with Crippen LogP contribution in [0.3, 0.4) is 0 Å². The van der Waals surface area contributed by atoms with Crippen LogP contribution in [0.5, 0.6) is 0 Å². The molecule has 0 spiro atoms. The number of aryl methyl sites for hydroxylation is 2. The third kappa shape index (κ3) is 2.29. The first-order valence-corrected chi connectivity index (χ1v) is 8.70. The molecule has 2 aliphatic heterocycles. The third-order valence-electron chi connectivity index (χ3n) is 5.77. The van der Waals surface area contributed by atoms with Crippen molar-refractivity contribution >= 4 is 11.8 Å². The van der Waals surface area contributed by atoms with Gasteiger partial charge in [-0.15, -0.1) is 0 Å². The van der Waals surface area contributed by atoms with Gasteiger partial charge in [0, 0.05) is 20.0 Å². The van der Waals surface area contributed by atoms with Crippen molar-refractivity contribution in [1.29, 1.82) is 0 Å². The minimum Gasteiger partial charge on any atom is -0.460 e. The topological polar surface area (TPSA) is 103 Å². The fraction of sp³-hybridized carbons (Fsp3) is 0.421. The van der Waals surface area contributed by atoms with Crippen LogP contribution in [0.4, 0.5) is 5.82 Å². The minimum absolute atomic E-state index is 0.211. The van der Waals surface area contributed by atoms with Crippen molar-refractivity contribution in [1.82, 2.24) is 9.13 Å². The molecule has 2 N–H and O–H groups in total. The number of rotatable bonds is 1. The zero-order valence-corrected chi connectivity index (χ0v) is 15.6. The highest BCUT2D eigenvalue weighted by Gasteiger charge is 2.58. The molecule has 4 rings (SSSR count). The van der Waals surface area contributed by atoms with E-state index in [-0.39, 0.29) is 18.0 Å². The van der Waals surface area contributed by atoms with Gasteiger partial charge in [-0.2, -0.15) is 0 Å². The number of hydrogen-bond donors (Lipinski definition) is 2. The Morgan fingerprint density at radius 3 is 2.52 bits per heavy atom. The van der Waals surface area contributed by atoms with E-state index < -0.39 is 34.8 Å². The molecule has 8 nitrogen and oxygen atoms in total. The number of fused-ring (bicyclic) bond motifs is 2. The summed E-state index contributed by atoms with van der Waals surface area (Å²) in [5.74, 6) is -2.08. The molecule has 3 atom stereocenters. The molecule has 2 aliphatic rings. The van der Waals surface area contributed by atoms with E-state index in [4.69, 9.17) is 4.74 Å². The van der Waals surface area contributed by atoms with Crippen molar-refractivity contribution < 1.29 is 14.6 Å². The largest absolute Gasteiger partial charge is 0.460 e. The molecule has 0 amide bonds. The molecule has 1 aromatic carbocycles. The SMILES string of the molecule is Cc1ccc(C2c3c(n(C)c(=O)n(C)c3=O)NC3(O)COC(=O)C23)cc1C. The summed E-state index contributed by atoms with van der Waals surface area (Å²) >= 11 is 0. The molecule has 0 radical (unpaired) electrons. The molecule has 0 saturated carbocycles. The molecule has 2 aromatic rings. The van der Waals surface area contributed by atoms with Crippen LogP contribution in [0.25, 0.3) is 0 Å². The van der Waals surface area contributed by atoms with Gasteiger partial charge in [-0.25, -0.2) is 4.79 Å². The zero-order valence-electron chi connectivity index (χ0n) is 15.6. The number of esters is 1. The van der Waals surface area contributed by atoms with Gasteiger partial charge in [0.2, 0.25) is 0 Å². The standard InChI is InChI=1S/C19H21N3O5/c1-9-5-6-11(7-10(9)2)12-13-15(21(3)18(25)22(4)16(13)23)20-19(26)8-27-17(24)14(12)19/h5-7,12,14,20,26H,8H2,1-4H3. The summed E-state index contributed by atoms with van der Waals surface area (Å²) in [6.07, 6.45) is 0. The lowest BCUT2D eigenvalue weighted by Gasteiger charge is -2.40. The average molecular weight is 371 g/mol. The minimum atomic E-state index is -1.69. The third-order valence-corrected chi connectivity index (χ3v) is 5.77. The van der Waals surface area contributed by atoms with Gasteiger partial charge < -0.3 is 15.2 Å². The highest BCUT2D eigenvalue weighted by Crippen LogP contribution is 2.47. The second kappa shape index (κ2) is 5.56. The number of cyclic esters (lactones) is 1. The molecular weight excluding hydrogens is 350 g/mol. The van der Waals surface area contributed by atoms with Crippen LogP contribution >= 0.6 is 0 Å². The number of nitrogens with zero attached hydrogens (tertiary/aromatic N) is 2. The summed E-state index contributed by atoms with van der Waals surface area (Å²) < 4.78 is 7.43. The van der Waals surface area contributed by atoms with Gasteiger partial charge in [0.25, 0.3) is 5.56 Å². The number of ether oxygens (including phenoxy) is 1. The molecule has 142 valence electrons. The molecule has 3 heterocycles. The maximum absolute atomic E-state index is 13.0. The van der Waals surface area contributed by atoms with Crippen molar-refractivity contribution in [2.75, 3.05) is 11.9 Å². The van der Waals surface area contributed by atoms with E-state index in [0.717, 1.165) is 21.3 Å². The monoisotopic (exact) mass is 371 g/mol. The number of benzene rings is 1. The van der Waals surface area contributed by atoms with Gasteiger partial charge >= 0.3 is 11.7 Å². The van der Waals surface area contributed by atoms with Crippen LogP contribution in [0.15, 0.2) is 27.8 Å². The Bertz CT molecular complexity index is 1100.